The van der Waals surface area contributed by atoms with Crippen molar-refractivity contribution in [3.63, 3.8) is 0 Å². The highest BCUT2D eigenvalue weighted by Crippen LogP contribution is 2.12. The van der Waals surface area contributed by atoms with E-state index in [0.29, 0.717) is 38.5 Å². The van der Waals surface area contributed by atoms with E-state index in [4.69, 9.17) is 4.74 Å². The molecule has 0 amide bonds. The molecule has 6 nitrogen and oxygen atoms in total. The molecule has 1 aliphatic heterocycles. The Balaban J connectivity index is 1.84. The quantitative estimate of drug-likeness (QED) is 0.824. The summed E-state index contributed by atoms with van der Waals surface area (Å²) in [5, 5.41) is 0. The van der Waals surface area contributed by atoms with E-state index in [1.54, 1.807) is 6.07 Å². The number of aromatic nitrogens is 1. The normalized spacial score (nSPS) is 16.8. The molecule has 0 spiro atoms. The summed E-state index contributed by atoms with van der Waals surface area (Å²) in [7, 11) is -3.35. The first kappa shape index (κ1) is 16.2. The lowest BCUT2D eigenvalue weighted by atomic mass is 10.2. The van der Waals surface area contributed by atoms with Gasteiger partial charge in [0, 0.05) is 37.8 Å². The Morgan fingerprint density at radius 3 is 2.76 bits per heavy atom. The van der Waals surface area contributed by atoms with E-state index < -0.39 is 10.2 Å². The van der Waals surface area contributed by atoms with Crippen LogP contribution < -0.4 is 9.46 Å². The Bertz CT molecular complexity index is 542. The van der Waals surface area contributed by atoms with E-state index in [1.807, 2.05) is 19.1 Å². The maximum atomic E-state index is 12.1. The molecule has 118 valence electrons. The SMILES string of the molecule is CCOc1cccc(CCNS(=O)(=O)N2CCCCC2)n1. The second kappa shape index (κ2) is 7.72. The van der Waals surface area contributed by atoms with Crippen molar-refractivity contribution < 1.29 is 13.2 Å². The number of hydrogen-bond acceptors (Lipinski definition) is 4. The van der Waals surface area contributed by atoms with Crippen LogP contribution in [0.1, 0.15) is 31.9 Å². The van der Waals surface area contributed by atoms with Gasteiger partial charge in [-0.25, -0.2) is 9.71 Å². The summed E-state index contributed by atoms with van der Waals surface area (Å²) in [6, 6.07) is 5.54. The average molecular weight is 313 g/mol. The first-order valence-corrected chi connectivity index (χ1v) is 8.89. The maximum absolute atomic E-state index is 12.1. The summed E-state index contributed by atoms with van der Waals surface area (Å²) < 4.78 is 33.7. The van der Waals surface area contributed by atoms with Crippen LogP contribution in [0.15, 0.2) is 18.2 Å². The van der Waals surface area contributed by atoms with E-state index in [0.717, 1.165) is 25.0 Å². The number of nitrogens with one attached hydrogen (secondary N) is 1. The van der Waals surface area contributed by atoms with Crippen LogP contribution in [-0.4, -0.2) is 43.9 Å². The fourth-order valence-electron chi connectivity index (χ4n) is 2.33. The lowest BCUT2D eigenvalue weighted by Gasteiger charge is -2.25. The van der Waals surface area contributed by atoms with Crippen molar-refractivity contribution in [1.29, 1.82) is 0 Å². The molecular formula is C14H23N3O3S. The lowest BCUT2D eigenvalue weighted by molar-refractivity contribution is 0.326. The third-order valence-corrected chi connectivity index (χ3v) is 5.01. The molecule has 21 heavy (non-hydrogen) atoms. The van der Waals surface area contributed by atoms with E-state index in [2.05, 4.69) is 9.71 Å². The van der Waals surface area contributed by atoms with Gasteiger partial charge in [-0.2, -0.15) is 12.7 Å². The lowest BCUT2D eigenvalue weighted by Crippen LogP contribution is -2.44. The van der Waals surface area contributed by atoms with Crippen molar-refractivity contribution >= 4 is 10.2 Å². The van der Waals surface area contributed by atoms with E-state index in [-0.39, 0.29) is 0 Å². The molecule has 0 bridgehead atoms. The standard InChI is InChI=1S/C14H23N3O3S/c1-2-20-14-8-6-7-13(16-14)9-10-15-21(18,19)17-11-4-3-5-12-17/h6-8,15H,2-5,9-12H2,1H3. The van der Waals surface area contributed by atoms with Gasteiger partial charge in [0.05, 0.1) is 6.61 Å². The third kappa shape index (κ3) is 4.94. The second-order valence-corrected chi connectivity index (χ2v) is 6.76. The van der Waals surface area contributed by atoms with Gasteiger partial charge < -0.3 is 4.74 Å². The number of hydrogen-bond donors (Lipinski definition) is 1. The molecule has 0 aromatic carbocycles. The van der Waals surface area contributed by atoms with Gasteiger partial charge in [0.1, 0.15) is 0 Å². The van der Waals surface area contributed by atoms with Crippen LogP contribution in [0.5, 0.6) is 5.88 Å². The van der Waals surface area contributed by atoms with Gasteiger partial charge in [0.25, 0.3) is 10.2 Å². The Hall–Kier alpha value is -1.18. The number of ether oxygens (including phenoxy) is 1. The summed E-state index contributed by atoms with van der Waals surface area (Å²) in [4.78, 5) is 4.32. The van der Waals surface area contributed by atoms with Crippen molar-refractivity contribution in [2.75, 3.05) is 26.2 Å². The molecule has 1 aliphatic rings. The largest absolute Gasteiger partial charge is 0.478 e. The molecule has 0 atom stereocenters. The minimum atomic E-state index is -3.35. The van der Waals surface area contributed by atoms with Gasteiger partial charge >= 0.3 is 0 Å². The van der Waals surface area contributed by atoms with Crippen LogP contribution in [0, 0.1) is 0 Å². The van der Waals surface area contributed by atoms with Crippen molar-refractivity contribution in [2.45, 2.75) is 32.6 Å². The van der Waals surface area contributed by atoms with E-state index >= 15 is 0 Å². The molecule has 1 aromatic heterocycles. The number of pyridine rings is 1. The van der Waals surface area contributed by atoms with Gasteiger partial charge in [0.2, 0.25) is 5.88 Å². The monoisotopic (exact) mass is 313 g/mol. The number of nitrogens with zero attached hydrogens (tertiary/aromatic N) is 2. The molecule has 7 heteroatoms. The van der Waals surface area contributed by atoms with Gasteiger partial charge in [0.15, 0.2) is 0 Å². The third-order valence-electron chi connectivity index (χ3n) is 3.39. The van der Waals surface area contributed by atoms with Gasteiger partial charge in [-0.15, -0.1) is 0 Å². The molecule has 1 saturated heterocycles. The summed E-state index contributed by atoms with van der Waals surface area (Å²) in [6.07, 6.45) is 3.55. The molecule has 0 aliphatic carbocycles. The van der Waals surface area contributed by atoms with E-state index in [1.165, 1.54) is 4.31 Å². The summed E-state index contributed by atoms with van der Waals surface area (Å²) in [6.45, 7) is 4.06. The van der Waals surface area contributed by atoms with Crippen LogP contribution >= 0.6 is 0 Å². The summed E-state index contributed by atoms with van der Waals surface area (Å²) in [5.41, 5.74) is 0.822. The van der Waals surface area contributed by atoms with Crippen molar-refractivity contribution in [2.24, 2.45) is 0 Å². The highest BCUT2D eigenvalue weighted by molar-refractivity contribution is 7.87. The smallest absolute Gasteiger partial charge is 0.279 e. The Labute approximate surface area is 126 Å². The van der Waals surface area contributed by atoms with Crippen LogP contribution in [0.4, 0.5) is 0 Å². The van der Waals surface area contributed by atoms with Crippen molar-refractivity contribution in [1.82, 2.24) is 14.0 Å². The summed E-state index contributed by atoms with van der Waals surface area (Å²) >= 11 is 0. The molecule has 0 unspecified atom stereocenters. The predicted molar refractivity (Wildman–Crippen MR) is 81.5 cm³/mol. The topological polar surface area (TPSA) is 71.5 Å². The van der Waals surface area contributed by atoms with Gasteiger partial charge in [-0.05, 0) is 25.8 Å². The fourth-order valence-corrected chi connectivity index (χ4v) is 3.61. The van der Waals surface area contributed by atoms with Crippen molar-refractivity contribution in [3.8, 4) is 5.88 Å². The minimum absolute atomic E-state index is 0.349. The predicted octanol–water partition coefficient (Wildman–Crippen LogP) is 1.34. The van der Waals surface area contributed by atoms with Gasteiger partial charge in [-0.3, -0.25) is 0 Å². The Kier molecular flexibility index (Phi) is 5.96. The zero-order chi connectivity index (χ0) is 15.1. The van der Waals surface area contributed by atoms with Crippen LogP contribution in [0.3, 0.4) is 0 Å². The molecule has 2 rings (SSSR count). The number of piperidine rings is 1. The first-order valence-electron chi connectivity index (χ1n) is 7.45. The van der Waals surface area contributed by atoms with Gasteiger partial charge in [-0.1, -0.05) is 12.5 Å². The Morgan fingerprint density at radius 1 is 1.29 bits per heavy atom. The van der Waals surface area contributed by atoms with Crippen LogP contribution in [-0.2, 0) is 16.6 Å². The average Bonchev–Trinajstić information content (AvgIpc) is 2.49. The molecule has 1 aromatic rings. The molecule has 2 heterocycles. The molecule has 1 fully saturated rings. The van der Waals surface area contributed by atoms with E-state index in [9.17, 15) is 8.42 Å². The molecular weight excluding hydrogens is 290 g/mol. The Morgan fingerprint density at radius 2 is 2.05 bits per heavy atom. The minimum Gasteiger partial charge on any atom is -0.478 e. The maximum Gasteiger partial charge on any atom is 0.279 e. The number of rotatable bonds is 7. The second-order valence-electron chi connectivity index (χ2n) is 5.01. The van der Waals surface area contributed by atoms with Crippen LogP contribution in [0.25, 0.3) is 0 Å². The highest BCUT2D eigenvalue weighted by atomic mass is 32.2. The highest BCUT2D eigenvalue weighted by Gasteiger charge is 2.22. The fraction of sp³-hybridized carbons (Fsp3) is 0.643. The first-order chi connectivity index (χ1) is 10.1. The van der Waals surface area contributed by atoms with Crippen molar-refractivity contribution in [3.05, 3.63) is 23.9 Å². The summed E-state index contributed by atoms with van der Waals surface area (Å²) in [5.74, 6) is 0.578. The molecule has 0 saturated carbocycles. The zero-order valence-electron chi connectivity index (χ0n) is 12.4. The molecule has 0 radical (unpaired) electrons. The zero-order valence-corrected chi connectivity index (χ0v) is 13.2. The molecule has 1 N–H and O–H groups in total. The van der Waals surface area contributed by atoms with Crippen LogP contribution in [0.2, 0.25) is 0 Å².